The average molecular weight is 434 g/mol. The number of nitrogens with one attached hydrogen (secondary N) is 1. The molecule has 0 aromatic heterocycles. The molecule has 1 amide bonds. The van der Waals surface area contributed by atoms with Crippen LogP contribution in [-0.2, 0) is 10.0 Å². The first-order valence-electron chi connectivity index (χ1n) is 8.08. The van der Waals surface area contributed by atoms with Crippen LogP contribution in [0.3, 0.4) is 0 Å². The van der Waals surface area contributed by atoms with Crippen LogP contribution in [0.4, 0.5) is 14.5 Å². The minimum Gasteiger partial charge on any atom is -0.346 e. The number of nitrogens with zero attached hydrogens (tertiary/aromatic N) is 1. The first kappa shape index (κ1) is 23.8. The highest BCUT2D eigenvalue weighted by atomic mass is 35.5. The van der Waals surface area contributed by atoms with Crippen LogP contribution in [-0.4, -0.2) is 40.4 Å². The predicted octanol–water partition coefficient (Wildman–Crippen LogP) is 2.57. The number of rotatable bonds is 7. The summed E-state index contributed by atoms with van der Waals surface area (Å²) in [7, 11) is -2.36. The number of hydrogen-bond acceptors (Lipinski definition) is 4. The third-order valence-electron chi connectivity index (χ3n) is 3.98. The minimum absolute atomic E-state index is 0. The summed E-state index contributed by atoms with van der Waals surface area (Å²) < 4.78 is 52.6. The summed E-state index contributed by atoms with van der Waals surface area (Å²) in [5.41, 5.74) is 6.32. The van der Waals surface area contributed by atoms with E-state index in [-0.39, 0.29) is 22.9 Å². The van der Waals surface area contributed by atoms with Crippen molar-refractivity contribution < 1.29 is 22.0 Å². The van der Waals surface area contributed by atoms with Gasteiger partial charge < -0.3 is 11.1 Å². The molecular formula is C18H22ClF2N3O3S. The molecule has 0 heterocycles. The van der Waals surface area contributed by atoms with Gasteiger partial charge in [0.1, 0.15) is 0 Å². The lowest BCUT2D eigenvalue weighted by Crippen LogP contribution is -2.41. The van der Waals surface area contributed by atoms with E-state index in [4.69, 9.17) is 5.73 Å². The number of hydrogen-bond donors (Lipinski definition) is 2. The normalized spacial score (nSPS) is 11.5. The first-order chi connectivity index (χ1) is 12.6. The number of amides is 1. The van der Waals surface area contributed by atoms with Crippen molar-refractivity contribution in [3.63, 3.8) is 0 Å². The highest BCUT2D eigenvalue weighted by Gasteiger charge is 2.27. The summed E-state index contributed by atoms with van der Waals surface area (Å²) in [6, 6.07) is 12.0. The number of sulfonamides is 1. The minimum atomic E-state index is -3.76. The van der Waals surface area contributed by atoms with Crippen molar-refractivity contribution in [1.29, 1.82) is 0 Å². The monoisotopic (exact) mass is 433 g/mol. The van der Waals surface area contributed by atoms with Gasteiger partial charge in [-0.05, 0) is 43.3 Å². The first-order valence-corrected chi connectivity index (χ1v) is 9.52. The van der Waals surface area contributed by atoms with E-state index in [0.29, 0.717) is 5.69 Å². The van der Waals surface area contributed by atoms with Gasteiger partial charge in [-0.25, -0.2) is 17.2 Å². The van der Waals surface area contributed by atoms with Gasteiger partial charge in [0.15, 0.2) is 0 Å². The van der Waals surface area contributed by atoms with E-state index < -0.39 is 34.9 Å². The second kappa shape index (κ2) is 9.31. The number of anilines is 1. The number of alkyl halides is 2. The van der Waals surface area contributed by atoms with Crippen molar-refractivity contribution in [2.45, 2.75) is 17.7 Å². The van der Waals surface area contributed by atoms with E-state index in [1.54, 1.807) is 12.1 Å². The molecule has 0 saturated heterocycles. The molecule has 0 bridgehead atoms. The van der Waals surface area contributed by atoms with Gasteiger partial charge in [-0.2, -0.15) is 0 Å². The van der Waals surface area contributed by atoms with E-state index >= 15 is 0 Å². The lowest BCUT2D eigenvalue weighted by atomic mass is 10.2. The zero-order valence-corrected chi connectivity index (χ0v) is 17.0. The molecular weight excluding hydrogens is 412 g/mol. The molecule has 154 valence electrons. The van der Waals surface area contributed by atoms with Crippen molar-refractivity contribution in [3.05, 3.63) is 59.7 Å². The smallest absolute Gasteiger partial charge is 0.277 e. The number of carbonyl (C=O) groups is 1. The van der Waals surface area contributed by atoms with Crippen molar-refractivity contribution in [2.24, 2.45) is 5.73 Å². The molecule has 2 aromatic rings. The Kier molecular flexibility index (Phi) is 7.92. The third kappa shape index (κ3) is 5.63. The Balaban J connectivity index is 0.00000392. The van der Waals surface area contributed by atoms with Crippen molar-refractivity contribution in [2.75, 3.05) is 24.4 Å². The zero-order chi connectivity index (χ0) is 20.2. The Morgan fingerprint density at radius 3 is 2.14 bits per heavy atom. The fourth-order valence-corrected chi connectivity index (χ4v) is 3.41. The lowest BCUT2D eigenvalue weighted by Gasteiger charge is -2.20. The maximum atomic E-state index is 13.1. The van der Waals surface area contributed by atoms with Gasteiger partial charge in [0.05, 0.1) is 23.7 Å². The van der Waals surface area contributed by atoms with Crippen LogP contribution in [0.5, 0.6) is 0 Å². The van der Waals surface area contributed by atoms with Crippen molar-refractivity contribution in [3.8, 4) is 0 Å². The summed E-state index contributed by atoms with van der Waals surface area (Å²) in [5.74, 6) is -3.88. The molecule has 0 fully saturated rings. The standard InChI is InChI=1S/C18H21F2N3O3S.ClH/c1-13-3-9-16(10-4-13)27(25,26)23(2)15-7-5-14(6-8-15)17(24)22-12-18(19,20)11-21;/h3-10H,11-12,21H2,1-2H3,(H,22,24);1H. The molecule has 10 heteroatoms. The maximum absolute atomic E-state index is 13.1. The molecule has 0 saturated carbocycles. The van der Waals surface area contributed by atoms with Crippen molar-refractivity contribution in [1.82, 2.24) is 5.32 Å². The van der Waals surface area contributed by atoms with E-state index in [2.05, 4.69) is 5.32 Å². The quantitative estimate of drug-likeness (QED) is 0.701. The van der Waals surface area contributed by atoms with E-state index in [0.717, 1.165) is 9.87 Å². The fraction of sp³-hybridized carbons (Fsp3) is 0.278. The Hall–Kier alpha value is -2.23. The molecule has 0 aliphatic rings. The van der Waals surface area contributed by atoms with Gasteiger partial charge in [-0.1, -0.05) is 17.7 Å². The Morgan fingerprint density at radius 1 is 1.11 bits per heavy atom. The molecule has 0 atom stereocenters. The Morgan fingerprint density at radius 2 is 1.64 bits per heavy atom. The SMILES string of the molecule is Cc1ccc(S(=O)(=O)N(C)c2ccc(C(=O)NCC(F)(F)CN)cc2)cc1.Cl. The van der Waals surface area contributed by atoms with Gasteiger partial charge in [-0.3, -0.25) is 9.10 Å². The molecule has 0 spiro atoms. The summed E-state index contributed by atoms with van der Waals surface area (Å²) in [4.78, 5) is 12.1. The number of aryl methyl sites for hydroxylation is 1. The molecule has 0 aliphatic heterocycles. The van der Waals surface area contributed by atoms with Crippen LogP contribution in [0, 0.1) is 6.92 Å². The maximum Gasteiger partial charge on any atom is 0.277 e. The Labute approximate surface area is 169 Å². The molecule has 0 radical (unpaired) electrons. The predicted molar refractivity (Wildman–Crippen MR) is 107 cm³/mol. The number of nitrogens with two attached hydrogens (primary N) is 1. The summed E-state index contributed by atoms with van der Waals surface area (Å²) in [6.07, 6.45) is 0. The van der Waals surface area contributed by atoms with Gasteiger partial charge in [0.2, 0.25) is 0 Å². The fourth-order valence-electron chi connectivity index (χ4n) is 2.21. The van der Waals surface area contributed by atoms with Gasteiger partial charge >= 0.3 is 0 Å². The highest BCUT2D eigenvalue weighted by molar-refractivity contribution is 7.92. The number of halogens is 3. The van der Waals surface area contributed by atoms with Crippen molar-refractivity contribution >= 4 is 34.0 Å². The molecule has 6 nitrogen and oxygen atoms in total. The summed E-state index contributed by atoms with van der Waals surface area (Å²) in [6.45, 7) is 0.118. The largest absolute Gasteiger partial charge is 0.346 e. The van der Waals surface area contributed by atoms with Gasteiger partial charge in [0.25, 0.3) is 21.9 Å². The van der Waals surface area contributed by atoms with E-state index in [1.165, 1.54) is 43.4 Å². The second-order valence-corrected chi connectivity index (χ2v) is 8.04. The molecule has 2 rings (SSSR count). The second-order valence-electron chi connectivity index (χ2n) is 6.08. The van der Waals surface area contributed by atoms with Crippen LogP contribution in [0.2, 0.25) is 0 Å². The Bertz CT molecular complexity index is 905. The van der Waals surface area contributed by atoms with Crippen LogP contribution < -0.4 is 15.4 Å². The van der Waals surface area contributed by atoms with Gasteiger partial charge in [-0.15, -0.1) is 12.4 Å². The molecule has 3 N–H and O–H groups in total. The van der Waals surface area contributed by atoms with E-state index in [9.17, 15) is 22.0 Å². The molecule has 28 heavy (non-hydrogen) atoms. The van der Waals surface area contributed by atoms with E-state index in [1.807, 2.05) is 6.92 Å². The van der Waals surface area contributed by atoms with Crippen LogP contribution in [0.15, 0.2) is 53.4 Å². The topological polar surface area (TPSA) is 92.5 Å². The molecule has 0 unspecified atom stereocenters. The highest BCUT2D eigenvalue weighted by Crippen LogP contribution is 2.22. The summed E-state index contributed by atoms with van der Waals surface area (Å²) >= 11 is 0. The lowest BCUT2D eigenvalue weighted by molar-refractivity contribution is 0.0118. The number of benzene rings is 2. The summed E-state index contributed by atoms with van der Waals surface area (Å²) in [5, 5.41) is 2.10. The average Bonchev–Trinajstić information content (AvgIpc) is 2.66. The zero-order valence-electron chi connectivity index (χ0n) is 15.4. The van der Waals surface area contributed by atoms with Crippen LogP contribution in [0.1, 0.15) is 15.9 Å². The molecule has 2 aromatic carbocycles. The number of carbonyl (C=O) groups excluding carboxylic acids is 1. The van der Waals surface area contributed by atoms with Crippen LogP contribution >= 0.6 is 12.4 Å². The van der Waals surface area contributed by atoms with Crippen LogP contribution in [0.25, 0.3) is 0 Å². The molecule has 0 aliphatic carbocycles. The van der Waals surface area contributed by atoms with Gasteiger partial charge in [0, 0.05) is 12.6 Å². The third-order valence-corrected chi connectivity index (χ3v) is 5.78.